The van der Waals surface area contributed by atoms with E-state index >= 15 is 0 Å². The van der Waals surface area contributed by atoms with Crippen LogP contribution in [0.4, 0.5) is 5.69 Å². The van der Waals surface area contributed by atoms with Crippen LogP contribution in [0.1, 0.15) is 43.1 Å². The monoisotopic (exact) mass is 414 g/mol. The maximum absolute atomic E-state index is 13.8. The molecule has 0 radical (unpaired) electrons. The van der Waals surface area contributed by atoms with Crippen LogP contribution in [0, 0.1) is 11.8 Å². The lowest BCUT2D eigenvalue weighted by atomic mass is 9.85. The second-order valence-electron chi connectivity index (χ2n) is 8.80. The number of carbonyl (C=O) groups excluding carboxylic acids is 3. The molecule has 158 valence electrons. The summed E-state index contributed by atoms with van der Waals surface area (Å²) < 4.78 is 0. The van der Waals surface area contributed by atoms with Crippen LogP contribution in [0.25, 0.3) is 5.57 Å². The average Bonchev–Trinajstić information content (AvgIpc) is 3.26. The van der Waals surface area contributed by atoms with Gasteiger partial charge in [-0.2, -0.15) is 0 Å². The number of benzene rings is 2. The van der Waals surface area contributed by atoms with Gasteiger partial charge in [-0.15, -0.1) is 0 Å². The number of fused-ring (bicyclic) bond motifs is 5. The summed E-state index contributed by atoms with van der Waals surface area (Å²) in [5.41, 5.74) is 3.61. The normalized spacial score (nSPS) is 27.5. The van der Waals surface area contributed by atoms with E-state index in [2.05, 4.69) is 6.08 Å². The highest BCUT2D eigenvalue weighted by Crippen LogP contribution is 2.50. The van der Waals surface area contributed by atoms with Crippen LogP contribution in [0.2, 0.25) is 0 Å². The number of hydrogen-bond acceptors (Lipinski definition) is 4. The molecular weight excluding hydrogens is 388 g/mol. The van der Waals surface area contributed by atoms with Crippen LogP contribution in [0.15, 0.2) is 60.7 Å². The Labute approximate surface area is 182 Å². The van der Waals surface area contributed by atoms with E-state index in [-0.39, 0.29) is 29.7 Å². The Hall–Kier alpha value is -3.21. The second-order valence-corrected chi connectivity index (χ2v) is 8.80. The molecular formula is C26H26N2O3. The van der Waals surface area contributed by atoms with E-state index in [1.165, 1.54) is 4.90 Å². The first-order valence-corrected chi connectivity index (χ1v) is 11.0. The third-order valence-corrected chi connectivity index (χ3v) is 7.15. The summed E-state index contributed by atoms with van der Waals surface area (Å²) >= 11 is 0. The largest absolute Gasteiger partial charge is 0.352 e. The van der Waals surface area contributed by atoms with Gasteiger partial charge in [-0.1, -0.05) is 61.5 Å². The number of imide groups is 1. The van der Waals surface area contributed by atoms with Crippen molar-refractivity contribution in [3.63, 3.8) is 0 Å². The number of rotatable bonds is 4. The first kappa shape index (κ1) is 19.7. The third-order valence-electron chi connectivity index (χ3n) is 7.15. The molecule has 0 aromatic heterocycles. The molecule has 2 amide bonds. The van der Waals surface area contributed by atoms with E-state index in [4.69, 9.17) is 0 Å². The minimum absolute atomic E-state index is 0.104. The molecule has 3 aliphatic heterocycles. The zero-order valence-corrected chi connectivity index (χ0v) is 18.0. The summed E-state index contributed by atoms with van der Waals surface area (Å²) in [7, 11) is 0. The van der Waals surface area contributed by atoms with E-state index in [1.54, 1.807) is 12.1 Å². The lowest BCUT2D eigenvalue weighted by molar-refractivity contribution is -0.142. The summed E-state index contributed by atoms with van der Waals surface area (Å²) in [6, 6.07) is 15.9. The molecule has 0 unspecified atom stereocenters. The number of ketones is 1. The molecule has 2 saturated heterocycles. The molecule has 2 aromatic rings. The number of carbonyl (C=O) groups is 3. The van der Waals surface area contributed by atoms with Gasteiger partial charge in [0.25, 0.3) is 0 Å². The number of para-hydroxylation sites is 1. The van der Waals surface area contributed by atoms with Crippen molar-refractivity contribution in [2.75, 3.05) is 4.90 Å². The standard InChI is InChI=1S/C26H26N2O3/c1-4-16(3)27-25(30)21-20-14-15(2)18-12-8-9-13-19(18)28(20)23(22(21)26(27)31)24(29)17-10-6-5-7-11-17/h5-14,16,20-23H,4H2,1-3H3/t16-,20+,21+,22+,23+/m0/s1. The first-order valence-electron chi connectivity index (χ1n) is 11.0. The van der Waals surface area contributed by atoms with Crippen molar-refractivity contribution in [1.82, 2.24) is 4.90 Å². The fourth-order valence-corrected chi connectivity index (χ4v) is 5.51. The molecule has 5 rings (SSSR count). The van der Waals surface area contributed by atoms with Crippen LogP contribution in [0.5, 0.6) is 0 Å². The van der Waals surface area contributed by atoms with Gasteiger partial charge in [-0.3, -0.25) is 19.3 Å². The molecule has 3 heterocycles. The SMILES string of the molecule is CC[C@H](C)N1C(=O)[C@@H]2[C@H](C1=O)[C@H]1C=C(C)c3ccccc3N1[C@H]2C(=O)c1ccccc1. The van der Waals surface area contributed by atoms with E-state index in [0.29, 0.717) is 12.0 Å². The van der Waals surface area contributed by atoms with Gasteiger partial charge >= 0.3 is 0 Å². The number of Topliss-reactive ketones (excluding diaryl/α,β-unsaturated/α-hetero) is 1. The molecule has 3 aliphatic rings. The number of amides is 2. The van der Waals surface area contributed by atoms with Gasteiger partial charge in [-0.05, 0) is 31.9 Å². The van der Waals surface area contributed by atoms with Gasteiger partial charge < -0.3 is 4.90 Å². The van der Waals surface area contributed by atoms with Crippen LogP contribution in [-0.2, 0) is 9.59 Å². The minimum atomic E-state index is -0.701. The zero-order chi connectivity index (χ0) is 21.9. The fourth-order valence-electron chi connectivity index (χ4n) is 5.51. The highest BCUT2D eigenvalue weighted by atomic mass is 16.2. The van der Waals surface area contributed by atoms with Crippen molar-refractivity contribution < 1.29 is 14.4 Å². The summed E-state index contributed by atoms with van der Waals surface area (Å²) in [4.78, 5) is 44.3. The third kappa shape index (κ3) is 2.72. The first-order chi connectivity index (χ1) is 15.0. The molecule has 2 fully saturated rings. The van der Waals surface area contributed by atoms with Gasteiger partial charge in [0.15, 0.2) is 5.78 Å². The van der Waals surface area contributed by atoms with Crippen LogP contribution in [0.3, 0.4) is 0 Å². The van der Waals surface area contributed by atoms with Gasteiger partial charge in [0.05, 0.1) is 17.9 Å². The van der Waals surface area contributed by atoms with E-state index in [0.717, 1.165) is 16.8 Å². The Kier molecular flexibility index (Phi) is 4.58. The molecule has 2 aromatic carbocycles. The number of likely N-dealkylation sites (tertiary alicyclic amines) is 1. The highest BCUT2D eigenvalue weighted by Gasteiger charge is 2.64. The van der Waals surface area contributed by atoms with Crippen molar-refractivity contribution in [2.24, 2.45) is 11.8 Å². The summed E-state index contributed by atoms with van der Waals surface area (Å²) in [5, 5.41) is 0. The molecule has 0 saturated carbocycles. The Morgan fingerprint density at radius 3 is 2.32 bits per heavy atom. The Morgan fingerprint density at radius 1 is 0.968 bits per heavy atom. The number of hydrogen-bond donors (Lipinski definition) is 0. The van der Waals surface area contributed by atoms with E-state index < -0.39 is 17.9 Å². The lowest BCUT2D eigenvalue weighted by Crippen LogP contribution is -2.50. The topological polar surface area (TPSA) is 57.7 Å². The summed E-state index contributed by atoms with van der Waals surface area (Å²) in [6.07, 6.45) is 2.77. The molecule has 0 aliphatic carbocycles. The number of anilines is 1. The summed E-state index contributed by atoms with van der Waals surface area (Å²) in [6.45, 7) is 5.91. The second kappa shape index (κ2) is 7.19. The molecule has 0 spiro atoms. The quantitative estimate of drug-likeness (QED) is 0.562. The molecule has 31 heavy (non-hydrogen) atoms. The maximum atomic E-state index is 13.8. The predicted octanol–water partition coefficient (Wildman–Crippen LogP) is 3.94. The minimum Gasteiger partial charge on any atom is -0.352 e. The van der Waals surface area contributed by atoms with Crippen molar-refractivity contribution in [3.05, 3.63) is 71.8 Å². The molecule has 5 nitrogen and oxygen atoms in total. The Balaban J connectivity index is 1.69. The Morgan fingerprint density at radius 2 is 1.61 bits per heavy atom. The predicted molar refractivity (Wildman–Crippen MR) is 120 cm³/mol. The van der Waals surface area contributed by atoms with Crippen molar-refractivity contribution in [3.8, 4) is 0 Å². The van der Waals surface area contributed by atoms with E-state index in [9.17, 15) is 14.4 Å². The zero-order valence-electron chi connectivity index (χ0n) is 18.0. The number of nitrogens with zero attached hydrogens (tertiary/aromatic N) is 2. The van der Waals surface area contributed by atoms with Crippen LogP contribution < -0.4 is 4.90 Å². The maximum Gasteiger partial charge on any atom is 0.236 e. The lowest BCUT2D eigenvalue weighted by Gasteiger charge is -2.38. The summed E-state index contributed by atoms with van der Waals surface area (Å²) in [5.74, 6) is -1.67. The van der Waals surface area contributed by atoms with Crippen molar-refractivity contribution in [1.29, 1.82) is 0 Å². The fraction of sp³-hybridized carbons (Fsp3) is 0.346. The van der Waals surface area contributed by atoms with Crippen LogP contribution >= 0.6 is 0 Å². The molecule has 5 atom stereocenters. The van der Waals surface area contributed by atoms with Crippen molar-refractivity contribution in [2.45, 2.75) is 45.3 Å². The van der Waals surface area contributed by atoms with Gasteiger partial charge in [0, 0.05) is 22.9 Å². The van der Waals surface area contributed by atoms with Gasteiger partial charge in [-0.25, -0.2) is 0 Å². The number of allylic oxidation sites excluding steroid dienone is 1. The molecule has 0 bridgehead atoms. The van der Waals surface area contributed by atoms with Crippen molar-refractivity contribution >= 4 is 28.9 Å². The highest BCUT2D eigenvalue weighted by molar-refractivity contribution is 6.14. The average molecular weight is 415 g/mol. The van der Waals surface area contributed by atoms with E-state index in [1.807, 2.05) is 68.1 Å². The molecule has 5 heteroatoms. The van der Waals surface area contributed by atoms with Gasteiger partial charge in [0.1, 0.15) is 6.04 Å². The smallest absolute Gasteiger partial charge is 0.236 e. The van der Waals surface area contributed by atoms with Crippen LogP contribution in [-0.4, -0.2) is 40.6 Å². The molecule has 0 N–H and O–H groups in total. The Bertz CT molecular complexity index is 1110. The van der Waals surface area contributed by atoms with Gasteiger partial charge in [0.2, 0.25) is 11.8 Å².